The van der Waals surface area contributed by atoms with Crippen LogP contribution in [0.5, 0.6) is 0 Å². The number of rotatable bonds is 4. The number of benzene rings is 1. The zero-order valence-corrected chi connectivity index (χ0v) is 10.6. The minimum Gasteiger partial charge on any atom is -0.543 e. The summed E-state index contributed by atoms with van der Waals surface area (Å²) < 4.78 is 38.4. The third-order valence-electron chi connectivity index (χ3n) is 2.71. The molecule has 0 N–H and O–H groups in total. The molecular formula is C12H6F3N3O4-2. The van der Waals surface area contributed by atoms with Gasteiger partial charge in [-0.15, -0.1) is 5.10 Å². The van der Waals surface area contributed by atoms with Crippen LogP contribution in [0.15, 0.2) is 24.3 Å². The van der Waals surface area contributed by atoms with Crippen LogP contribution >= 0.6 is 0 Å². The predicted molar refractivity (Wildman–Crippen MR) is 59.2 cm³/mol. The van der Waals surface area contributed by atoms with E-state index in [0.717, 1.165) is 18.2 Å². The number of hydrogen-bond donors (Lipinski definition) is 0. The van der Waals surface area contributed by atoms with Crippen molar-refractivity contribution in [2.45, 2.75) is 12.7 Å². The second-order valence-electron chi connectivity index (χ2n) is 4.22. The molecule has 2 rings (SSSR count). The third kappa shape index (κ3) is 3.05. The quantitative estimate of drug-likeness (QED) is 0.721. The summed E-state index contributed by atoms with van der Waals surface area (Å²) in [6.07, 6.45) is -4.56. The molecular weight excluding hydrogens is 307 g/mol. The molecule has 0 saturated heterocycles. The van der Waals surface area contributed by atoms with Crippen molar-refractivity contribution >= 4 is 11.9 Å². The molecule has 0 amide bonds. The van der Waals surface area contributed by atoms with E-state index in [2.05, 4.69) is 10.3 Å². The normalized spacial score (nSPS) is 11.4. The Morgan fingerprint density at radius 2 is 1.86 bits per heavy atom. The van der Waals surface area contributed by atoms with E-state index in [1.807, 2.05) is 0 Å². The molecule has 0 saturated carbocycles. The zero-order valence-electron chi connectivity index (χ0n) is 10.6. The van der Waals surface area contributed by atoms with Gasteiger partial charge in [0.2, 0.25) is 0 Å². The van der Waals surface area contributed by atoms with Crippen molar-refractivity contribution in [2.75, 3.05) is 0 Å². The molecule has 0 bridgehead atoms. The fourth-order valence-corrected chi connectivity index (χ4v) is 1.78. The van der Waals surface area contributed by atoms with E-state index in [1.54, 1.807) is 0 Å². The van der Waals surface area contributed by atoms with Gasteiger partial charge in [0.05, 0.1) is 24.0 Å². The van der Waals surface area contributed by atoms with E-state index in [0.29, 0.717) is 4.68 Å². The van der Waals surface area contributed by atoms with Gasteiger partial charge in [-0.3, -0.25) is 0 Å². The van der Waals surface area contributed by atoms with Crippen LogP contribution in [0, 0.1) is 0 Å². The van der Waals surface area contributed by atoms with E-state index in [9.17, 15) is 33.0 Å². The van der Waals surface area contributed by atoms with Crippen LogP contribution in [-0.2, 0) is 12.7 Å². The van der Waals surface area contributed by atoms with Crippen LogP contribution in [-0.4, -0.2) is 26.9 Å². The Balaban J connectivity index is 2.40. The Morgan fingerprint density at radius 1 is 1.18 bits per heavy atom. The molecule has 0 spiro atoms. The van der Waals surface area contributed by atoms with Crippen molar-refractivity contribution in [2.24, 2.45) is 0 Å². The largest absolute Gasteiger partial charge is 0.543 e. The maximum atomic E-state index is 12.6. The maximum absolute atomic E-state index is 12.6. The molecule has 0 aliphatic carbocycles. The lowest BCUT2D eigenvalue weighted by molar-refractivity contribution is -0.260. The molecule has 0 fully saturated rings. The first-order valence-corrected chi connectivity index (χ1v) is 5.72. The summed E-state index contributed by atoms with van der Waals surface area (Å²) in [7, 11) is 0. The summed E-state index contributed by atoms with van der Waals surface area (Å²) >= 11 is 0. The van der Waals surface area contributed by atoms with Crippen molar-refractivity contribution in [1.82, 2.24) is 15.0 Å². The van der Waals surface area contributed by atoms with E-state index < -0.39 is 41.6 Å². The lowest BCUT2D eigenvalue weighted by Gasteiger charge is -2.11. The van der Waals surface area contributed by atoms with Gasteiger partial charge >= 0.3 is 6.18 Å². The molecule has 7 nitrogen and oxygen atoms in total. The van der Waals surface area contributed by atoms with Gasteiger partial charge in [0.15, 0.2) is 0 Å². The molecule has 116 valence electrons. The van der Waals surface area contributed by atoms with E-state index in [4.69, 9.17) is 0 Å². The average Bonchev–Trinajstić information content (AvgIpc) is 2.82. The zero-order chi connectivity index (χ0) is 16.5. The fourth-order valence-electron chi connectivity index (χ4n) is 1.78. The Morgan fingerprint density at radius 3 is 2.41 bits per heavy atom. The SMILES string of the molecule is O=C([O-])c1nnn(Cc2cccc(C(F)(F)F)c2)c1C(=O)[O-]. The molecule has 10 heteroatoms. The van der Waals surface area contributed by atoms with Crippen LogP contribution in [0.2, 0.25) is 0 Å². The van der Waals surface area contributed by atoms with E-state index in [-0.39, 0.29) is 5.56 Å². The van der Waals surface area contributed by atoms with E-state index >= 15 is 0 Å². The molecule has 0 aliphatic rings. The Bertz CT molecular complexity index is 739. The third-order valence-corrected chi connectivity index (χ3v) is 2.71. The van der Waals surface area contributed by atoms with Gasteiger partial charge in [0, 0.05) is 0 Å². The van der Waals surface area contributed by atoms with Crippen molar-refractivity contribution in [3.8, 4) is 0 Å². The van der Waals surface area contributed by atoms with Gasteiger partial charge in [-0.2, -0.15) is 13.2 Å². The number of alkyl halides is 3. The van der Waals surface area contributed by atoms with Crippen LogP contribution in [0.1, 0.15) is 32.1 Å². The molecule has 0 atom stereocenters. The van der Waals surface area contributed by atoms with Crippen LogP contribution in [0.4, 0.5) is 13.2 Å². The van der Waals surface area contributed by atoms with Crippen LogP contribution in [0.25, 0.3) is 0 Å². The molecule has 1 aromatic heterocycles. The topological polar surface area (TPSA) is 111 Å². The number of carbonyl (C=O) groups excluding carboxylic acids is 2. The first-order chi connectivity index (χ1) is 10.2. The number of carboxylic acid groups (broad SMARTS) is 2. The van der Waals surface area contributed by atoms with Gasteiger partial charge in [-0.25, -0.2) is 4.68 Å². The van der Waals surface area contributed by atoms with Gasteiger partial charge in [0.25, 0.3) is 0 Å². The average molecular weight is 313 g/mol. The second-order valence-corrected chi connectivity index (χ2v) is 4.22. The lowest BCUT2D eigenvalue weighted by atomic mass is 10.1. The molecule has 1 aromatic carbocycles. The number of aromatic carboxylic acids is 2. The predicted octanol–water partition coefficient (Wildman–Crippen LogP) is -0.928. The summed E-state index contributed by atoms with van der Waals surface area (Å²) in [6.45, 7) is -0.423. The number of carboxylic acids is 2. The number of nitrogens with zero attached hydrogens (tertiary/aromatic N) is 3. The molecule has 22 heavy (non-hydrogen) atoms. The second kappa shape index (κ2) is 5.47. The fraction of sp³-hybridized carbons (Fsp3) is 0.167. The highest BCUT2D eigenvalue weighted by molar-refractivity contribution is 5.97. The summed E-state index contributed by atoms with van der Waals surface area (Å²) in [5.41, 5.74) is -2.70. The molecule has 0 radical (unpaired) electrons. The Labute approximate surface area is 120 Å². The summed E-state index contributed by atoms with van der Waals surface area (Å²) in [6, 6.07) is 4.07. The van der Waals surface area contributed by atoms with Gasteiger partial charge in [0.1, 0.15) is 11.4 Å². The highest BCUT2D eigenvalue weighted by Gasteiger charge is 2.30. The van der Waals surface area contributed by atoms with Gasteiger partial charge < -0.3 is 19.8 Å². The van der Waals surface area contributed by atoms with Gasteiger partial charge in [-0.1, -0.05) is 17.3 Å². The minimum absolute atomic E-state index is 0.0622. The van der Waals surface area contributed by atoms with Crippen molar-refractivity contribution in [3.63, 3.8) is 0 Å². The summed E-state index contributed by atoms with van der Waals surface area (Å²) in [5.74, 6) is -3.76. The minimum atomic E-state index is -4.56. The van der Waals surface area contributed by atoms with Crippen LogP contribution < -0.4 is 10.2 Å². The summed E-state index contributed by atoms with van der Waals surface area (Å²) in [4.78, 5) is 21.7. The van der Waals surface area contributed by atoms with Crippen molar-refractivity contribution in [1.29, 1.82) is 0 Å². The first kappa shape index (κ1) is 15.5. The molecule has 1 heterocycles. The van der Waals surface area contributed by atoms with E-state index in [1.165, 1.54) is 6.07 Å². The number of hydrogen-bond acceptors (Lipinski definition) is 6. The number of carbonyl (C=O) groups is 2. The van der Waals surface area contributed by atoms with Crippen molar-refractivity contribution < 1.29 is 33.0 Å². The highest BCUT2D eigenvalue weighted by Crippen LogP contribution is 2.29. The maximum Gasteiger partial charge on any atom is 0.416 e. The Kier molecular flexibility index (Phi) is 3.85. The lowest BCUT2D eigenvalue weighted by Crippen LogP contribution is -2.32. The molecule has 0 aliphatic heterocycles. The standard InChI is InChI=1S/C12H8F3N3O4/c13-12(14,15)7-3-1-2-6(4-7)5-18-9(11(21)22)8(10(19)20)16-17-18/h1-4H,5H2,(H,19,20)(H,21,22)/p-2. The number of aromatic nitrogens is 3. The van der Waals surface area contributed by atoms with Gasteiger partial charge in [-0.05, 0) is 17.7 Å². The highest BCUT2D eigenvalue weighted by atomic mass is 19.4. The Hall–Kier alpha value is -2.91. The number of halogens is 3. The van der Waals surface area contributed by atoms with Crippen molar-refractivity contribution in [3.05, 3.63) is 46.8 Å². The molecule has 2 aromatic rings. The molecule has 0 unspecified atom stereocenters. The monoisotopic (exact) mass is 313 g/mol. The van der Waals surface area contributed by atoms with Crippen LogP contribution in [0.3, 0.4) is 0 Å². The smallest absolute Gasteiger partial charge is 0.416 e. The first-order valence-electron chi connectivity index (χ1n) is 5.72. The summed E-state index contributed by atoms with van der Waals surface area (Å²) in [5, 5.41) is 28.1.